The predicted molar refractivity (Wildman–Crippen MR) is 113 cm³/mol. The number of fused-ring (bicyclic) bond motifs is 4. The van der Waals surface area contributed by atoms with Gasteiger partial charge in [0.2, 0.25) is 5.91 Å². The lowest BCUT2D eigenvalue weighted by atomic mass is 9.78. The SMILES string of the molecule is CC(=O)O.COC(=O)C1CCC(NC(=O)[C@H]2[C@@H]3CNC[C@@H](C3)c3cccc(=O)n32)CC1. The van der Waals surface area contributed by atoms with Crippen LogP contribution in [-0.2, 0) is 19.1 Å². The van der Waals surface area contributed by atoms with Gasteiger partial charge in [0, 0.05) is 49.7 Å². The molecule has 1 aliphatic carbocycles. The molecule has 4 rings (SSSR count). The maximum absolute atomic E-state index is 13.2. The van der Waals surface area contributed by atoms with E-state index in [0.717, 1.165) is 57.8 Å². The van der Waals surface area contributed by atoms with Gasteiger partial charge in [0.15, 0.2) is 0 Å². The molecule has 1 amide bonds. The molecule has 3 atom stereocenters. The summed E-state index contributed by atoms with van der Waals surface area (Å²) >= 11 is 0. The summed E-state index contributed by atoms with van der Waals surface area (Å²) in [7, 11) is 1.42. The van der Waals surface area contributed by atoms with Gasteiger partial charge in [-0.3, -0.25) is 23.7 Å². The van der Waals surface area contributed by atoms with E-state index in [2.05, 4.69) is 10.6 Å². The van der Waals surface area contributed by atoms with Crippen molar-refractivity contribution in [3.8, 4) is 0 Å². The number of carbonyl (C=O) groups is 3. The van der Waals surface area contributed by atoms with Crippen molar-refractivity contribution >= 4 is 17.8 Å². The topological polar surface area (TPSA) is 127 Å². The van der Waals surface area contributed by atoms with Crippen LogP contribution >= 0.6 is 0 Å². The number of pyridine rings is 1. The van der Waals surface area contributed by atoms with Crippen LogP contribution in [0.4, 0.5) is 0 Å². The van der Waals surface area contributed by atoms with Gasteiger partial charge in [-0.05, 0) is 38.2 Å². The molecule has 1 saturated heterocycles. The molecule has 170 valence electrons. The zero-order chi connectivity index (χ0) is 22.5. The molecule has 3 aliphatic rings. The number of carbonyl (C=O) groups excluding carboxylic acids is 2. The first-order chi connectivity index (χ1) is 14.8. The summed E-state index contributed by atoms with van der Waals surface area (Å²) in [5.74, 6) is -0.713. The molecule has 3 heterocycles. The fourth-order valence-electron chi connectivity index (χ4n) is 5.06. The largest absolute Gasteiger partial charge is 0.481 e. The molecule has 2 aliphatic heterocycles. The van der Waals surface area contributed by atoms with Crippen molar-refractivity contribution in [3.05, 3.63) is 34.2 Å². The minimum atomic E-state index is -0.833. The highest BCUT2D eigenvalue weighted by Crippen LogP contribution is 2.38. The first kappa shape index (κ1) is 23.0. The standard InChI is InChI=1S/C20H27N3O4.C2H4O2/c1-27-20(26)12-5-7-15(8-6-12)22-19(25)18-14-9-13(10-21-11-14)16-3-2-4-17(24)23(16)18;1-2(3)4/h2-4,12-15,18,21H,5-11H2,1H3,(H,22,25);1H3,(H,3,4)/t12?,13-,14+,15?,18-;/m1./s1. The molecular formula is C22H31N3O6. The number of carboxylic acids is 1. The minimum absolute atomic E-state index is 0.0514. The van der Waals surface area contributed by atoms with Crippen molar-refractivity contribution in [2.75, 3.05) is 20.2 Å². The molecule has 9 heteroatoms. The number of amides is 1. The Balaban J connectivity index is 0.000000628. The van der Waals surface area contributed by atoms with Crippen LogP contribution in [0.1, 0.15) is 56.7 Å². The Morgan fingerprint density at radius 1 is 1.16 bits per heavy atom. The maximum Gasteiger partial charge on any atom is 0.308 e. The first-order valence-electron chi connectivity index (χ1n) is 10.8. The molecule has 1 aromatic heterocycles. The highest BCUT2D eigenvalue weighted by molar-refractivity contribution is 5.81. The summed E-state index contributed by atoms with van der Waals surface area (Å²) in [4.78, 5) is 46.4. The predicted octanol–water partition coefficient (Wildman–Crippen LogP) is 1.04. The number of hydrogen-bond donors (Lipinski definition) is 3. The number of ether oxygens (including phenoxy) is 1. The molecule has 9 nitrogen and oxygen atoms in total. The van der Waals surface area contributed by atoms with Gasteiger partial charge in [0.1, 0.15) is 6.04 Å². The summed E-state index contributed by atoms with van der Waals surface area (Å²) in [6.45, 7) is 2.69. The fraction of sp³-hybridized carbons (Fsp3) is 0.636. The Labute approximate surface area is 181 Å². The molecule has 0 radical (unpaired) electrons. The van der Waals surface area contributed by atoms with E-state index in [1.54, 1.807) is 16.7 Å². The van der Waals surface area contributed by atoms with Crippen molar-refractivity contribution in [2.45, 2.75) is 57.0 Å². The molecular weight excluding hydrogens is 402 g/mol. The maximum atomic E-state index is 13.2. The summed E-state index contributed by atoms with van der Waals surface area (Å²) in [5.41, 5.74) is 0.860. The molecule has 1 aromatic rings. The summed E-state index contributed by atoms with van der Waals surface area (Å²) in [6, 6.07) is 4.88. The van der Waals surface area contributed by atoms with Gasteiger partial charge in [0.25, 0.3) is 11.5 Å². The smallest absolute Gasteiger partial charge is 0.308 e. The zero-order valence-electron chi connectivity index (χ0n) is 18.0. The van der Waals surface area contributed by atoms with Crippen LogP contribution in [0, 0.1) is 11.8 Å². The third-order valence-electron chi connectivity index (χ3n) is 6.43. The third-order valence-corrected chi connectivity index (χ3v) is 6.43. The van der Waals surface area contributed by atoms with E-state index in [1.165, 1.54) is 7.11 Å². The van der Waals surface area contributed by atoms with Crippen LogP contribution in [0.5, 0.6) is 0 Å². The lowest BCUT2D eigenvalue weighted by molar-refractivity contribution is -0.146. The van der Waals surface area contributed by atoms with Crippen LogP contribution in [0.15, 0.2) is 23.0 Å². The van der Waals surface area contributed by atoms with Gasteiger partial charge in [0.05, 0.1) is 13.0 Å². The number of piperidine rings is 1. The van der Waals surface area contributed by atoms with Gasteiger partial charge in [-0.25, -0.2) is 0 Å². The second-order valence-electron chi connectivity index (χ2n) is 8.55. The van der Waals surface area contributed by atoms with Crippen molar-refractivity contribution < 1.29 is 24.2 Å². The molecule has 2 fully saturated rings. The number of hydrogen-bond acceptors (Lipinski definition) is 6. The summed E-state index contributed by atoms with van der Waals surface area (Å²) in [6.07, 6.45) is 3.92. The van der Waals surface area contributed by atoms with E-state index in [4.69, 9.17) is 14.6 Å². The Bertz CT molecular complexity index is 870. The molecule has 0 unspecified atom stereocenters. The quantitative estimate of drug-likeness (QED) is 0.608. The van der Waals surface area contributed by atoms with Crippen molar-refractivity contribution in [1.29, 1.82) is 0 Å². The van der Waals surface area contributed by atoms with Gasteiger partial charge >= 0.3 is 5.97 Å². The van der Waals surface area contributed by atoms with Crippen molar-refractivity contribution in [3.63, 3.8) is 0 Å². The van der Waals surface area contributed by atoms with Crippen LogP contribution in [0.3, 0.4) is 0 Å². The van der Waals surface area contributed by atoms with Crippen LogP contribution < -0.4 is 16.2 Å². The second kappa shape index (κ2) is 10.1. The highest BCUT2D eigenvalue weighted by atomic mass is 16.5. The Morgan fingerprint density at radius 2 is 1.84 bits per heavy atom. The summed E-state index contributed by atoms with van der Waals surface area (Å²) in [5, 5.41) is 14.0. The number of methoxy groups -OCH3 is 1. The minimum Gasteiger partial charge on any atom is -0.481 e. The highest BCUT2D eigenvalue weighted by Gasteiger charge is 2.42. The van der Waals surface area contributed by atoms with Gasteiger partial charge in [-0.15, -0.1) is 0 Å². The molecule has 0 spiro atoms. The van der Waals surface area contributed by atoms with Gasteiger partial charge in [-0.1, -0.05) is 6.07 Å². The second-order valence-corrected chi connectivity index (χ2v) is 8.55. The number of aromatic nitrogens is 1. The van der Waals surface area contributed by atoms with E-state index in [-0.39, 0.29) is 41.2 Å². The third kappa shape index (κ3) is 5.33. The molecule has 0 aromatic carbocycles. The zero-order valence-corrected chi connectivity index (χ0v) is 18.0. The van der Waals surface area contributed by atoms with Crippen LogP contribution in [0.25, 0.3) is 0 Å². The summed E-state index contributed by atoms with van der Waals surface area (Å²) < 4.78 is 6.54. The molecule has 1 saturated carbocycles. The van der Waals surface area contributed by atoms with Gasteiger partial charge in [-0.2, -0.15) is 0 Å². The van der Waals surface area contributed by atoms with E-state index in [0.29, 0.717) is 0 Å². The van der Waals surface area contributed by atoms with Crippen molar-refractivity contribution in [1.82, 2.24) is 15.2 Å². The number of nitrogens with zero attached hydrogens (tertiary/aromatic N) is 1. The average Bonchev–Trinajstić information content (AvgIpc) is 2.74. The lowest BCUT2D eigenvalue weighted by Gasteiger charge is -2.42. The van der Waals surface area contributed by atoms with E-state index >= 15 is 0 Å². The van der Waals surface area contributed by atoms with E-state index in [9.17, 15) is 14.4 Å². The number of esters is 1. The number of carboxylic acid groups (broad SMARTS) is 1. The first-order valence-corrected chi connectivity index (χ1v) is 10.8. The van der Waals surface area contributed by atoms with E-state index in [1.807, 2.05) is 6.07 Å². The molecule has 31 heavy (non-hydrogen) atoms. The molecule has 3 N–H and O–H groups in total. The Kier molecular flexibility index (Phi) is 7.48. The lowest BCUT2D eigenvalue weighted by Crippen LogP contribution is -2.53. The monoisotopic (exact) mass is 433 g/mol. The van der Waals surface area contributed by atoms with Crippen molar-refractivity contribution in [2.24, 2.45) is 11.8 Å². The molecule has 2 bridgehead atoms. The number of nitrogens with one attached hydrogen (secondary N) is 2. The van der Waals surface area contributed by atoms with Gasteiger partial charge < -0.3 is 20.5 Å². The number of rotatable bonds is 3. The van der Waals surface area contributed by atoms with Crippen LogP contribution in [0.2, 0.25) is 0 Å². The Morgan fingerprint density at radius 3 is 2.48 bits per heavy atom. The Hall–Kier alpha value is -2.68. The number of aliphatic carboxylic acids is 1. The van der Waals surface area contributed by atoms with Crippen LogP contribution in [-0.4, -0.2) is 53.8 Å². The average molecular weight is 434 g/mol. The fourth-order valence-corrected chi connectivity index (χ4v) is 5.06. The normalized spacial score (nSPS) is 28.9. The van der Waals surface area contributed by atoms with E-state index < -0.39 is 12.0 Å².